The van der Waals surface area contributed by atoms with E-state index in [-0.39, 0.29) is 17.7 Å². The molecule has 1 aromatic rings. The summed E-state index contributed by atoms with van der Waals surface area (Å²) in [4.78, 5) is 15.3. The number of hydrogen-bond donors (Lipinski definition) is 1. The number of carbonyl (C=O) groups is 1. The van der Waals surface area contributed by atoms with Crippen LogP contribution >= 0.6 is 0 Å². The standard InChI is InChI=1S/C13H19FN2O2/c1-4-10(5-2)16-13(17)9(3)18-11-7-6-8-15-12(11)14/h6-10H,4-5H2,1-3H3,(H,16,17). The van der Waals surface area contributed by atoms with Crippen molar-refractivity contribution >= 4 is 5.91 Å². The molecule has 1 unspecified atom stereocenters. The Morgan fingerprint density at radius 2 is 2.17 bits per heavy atom. The third kappa shape index (κ3) is 3.98. The van der Waals surface area contributed by atoms with Gasteiger partial charge in [-0.1, -0.05) is 13.8 Å². The van der Waals surface area contributed by atoms with Gasteiger partial charge in [0.05, 0.1) is 0 Å². The molecule has 1 amide bonds. The van der Waals surface area contributed by atoms with E-state index in [4.69, 9.17) is 4.74 Å². The Bertz CT molecular complexity index is 394. The second kappa shape index (κ2) is 6.93. The summed E-state index contributed by atoms with van der Waals surface area (Å²) < 4.78 is 18.5. The van der Waals surface area contributed by atoms with E-state index < -0.39 is 12.1 Å². The Morgan fingerprint density at radius 3 is 2.72 bits per heavy atom. The maximum absolute atomic E-state index is 13.2. The molecule has 5 heteroatoms. The molecule has 0 aliphatic carbocycles. The number of nitrogens with zero attached hydrogens (tertiary/aromatic N) is 1. The molecule has 1 heterocycles. The third-order valence-electron chi connectivity index (χ3n) is 2.73. The maximum Gasteiger partial charge on any atom is 0.260 e. The Kier molecular flexibility index (Phi) is 5.55. The lowest BCUT2D eigenvalue weighted by molar-refractivity contribution is -0.128. The number of amides is 1. The first-order valence-corrected chi connectivity index (χ1v) is 6.16. The highest BCUT2D eigenvalue weighted by molar-refractivity contribution is 5.80. The lowest BCUT2D eigenvalue weighted by Crippen LogP contribution is -2.42. The zero-order valence-corrected chi connectivity index (χ0v) is 10.9. The van der Waals surface area contributed by atoms with Crippen LogP contribution in [-0.4, -0.2) is 23.0 Å². The number of halogens is 1. The fraction of sp³-hybridized carbons (Fsp3) is 0.538. The first-order valence-electron chi connectivity index (χ1n) is 6.16. The van der Waals surface area contributed by atoms with E-state index in [1.165, 1.54) is 12.3 Å². The molecule has 1 aromatic heterocycles. The molecule has 1 N–H and O–H groups in total. The quantitative estimate of drug-likeness (QED) is 0.792. The summed E-state index contributed by atoms with van der Waals surface area (Å²) in [6, 6.07) is 3.13. The Labute approximate surface area is 107 Å². The van der Waals surface area contributed by atoms with Gasteiger partial charge in [-0.2, -0.15) is 4.39 Å². The van der Waals surface area contributed by atoms with Crippen molar-refractivity contribution in [3.63, 3.8) is 0 Å². The summed E-state index contributed by atoms with van der Waals surface area (Å²) in [5.41, 5.74) is 0. The van der Waals surface area contributed by atoms with Crippen molar-refractivity contribution < 1.29 is 13.9 Å². The molecule has 4 nitrogen and oxygen atoms in total. The molecule has 100 valence electrons. The number of hydrogen-bond acceptors (Lipinski definition) is 3. The summed E-state index contributed by atoms with van der Waals surface area (Å²) in [5.74, 6) is -0.962. The van der Waals surface area contributed by atoms with E-state index in [1.807, 2.05) is 13.8 Å². The van der Waals surface area contributed by atoms with Crippen LogP contribution in [0.5, 0.6) is 5.75 Å². The van der Waals surface area contributed by atoms with Gasteiger partial charge in [-0.3, -0.25) is 4.79 Å². The molecule has 1 rings (SSSR count). The number of nitrogens with one attached hydrogen (secondary N) is 1. The Balaban J connectivity index is 2.57. The summed E-state index contributed by atoms with van der Waals surface area (Å²) in [5, 5.41) is 2.85. The molecule has 0 aliphatic heterocycles. The fourth-order valence-corrected chi connectivity index (χ4v) is 1.51. The van der Waals surface area contributed by atoms with Gasteiger partial charge in [-0.05, 0) is 31.9 Å². The minimum Gasteiger partial charge on any atom is -0.476 e. The highest BCUT2D eigenvalue weighted by Crippen LogP contribution is 2.14. The molecule has 0 saturated carbocycles. The predicted octanol–water partition coefficient (Wildman–Crippen LogP) is 2.29. The average Bonchev–Trinajstić information content (AvgIpc) is 2.38. The number of pyridine rings is 1. The van der Waals surface area contributed by atoms with Crippen LogP contribution in [0.25, 0.3) is 0 Å². The van der Waals surface area contributed by atoms with Gasteiger partial charge < -0.3 is 10.1 Å². The van der Waals surface area contributed by atoms with E-state index in [2.05, 4.69) is 10.3 Å². The average molecular weight is 254 g/mol. The van der Waals surface area contributed by atoms with Gasteiger partial charge in [0.1, 0.15) is 0 Å². The van der Waals surface area contributed by atoms with Crippen LogP contribution in [0, 0.1) is 5.95 Å². The van der Waals surface area contributed by atoms with Gasteiger partial charge in [0.2, 0.25) is 0 Å². The topological polar surface area (TPSA) is 51.2 Å². The van der Waals surface area contributed by atoms with Crippen LogP contribution in [-0.2, 0) is 4.79 Å². The van der Waals surface area contributed by atoms with Gasteiger partial charge in [-0.15, -0.1) is 0 Å². The number of ether oxygens (including phenoxy) is 1. The SMILES string of the molecule is CCC(CC)NC(=O)C(C)Oc1cccnc1F. The Morgan fingerprint density at radius 1 is 1.50 bits per heavy atom. The summed E-state index contributed by atoms with van der Waals surface area (Å²) in [6.07, 6.45) is 2.30. The lowest BCUT2D eigenvalue weighted by atomic mass is 10.1. The van der Waals surface area contributed by atoms with E-state index >= 15 is 0 Å². The van der Waals surface area contributed by atoms with Crippen molar-refractivity contribution in [3.05, 3.63) is 24.3 Å². The molecule has 0 bridgehead atoms. The Hall–Kier alpha value is -1.65. The molecule has 0 aliphatic rings. The van der Waals surface area contributed by atoms with E-state index in [1.54, 1.807) is 13.0 Å². The van der Waals surface area contributed by atoms with Crippen LogP contribution in [0.4, 0.5) is 4.39 Å². The molecular formula is C13H19FN2O2. The van der Waals surface area contributed by atoms with Crippen molar-refractivity contribution in [1.82, 2.24) is 10.3 Å². The smallest absolute Gasteiger partial charge is 0.260 e. The van der Waals surface area contributed by atoms with Crippen molar-refractivity contribution in [2.75, 3.05) is 0 Å². The second-order valence-corrected chi connectivity index (χ2v) is 4.07. The summed E-state index contributed by atoms with van der Waals surface area (Å²) >= 11 is 0. The molecule has 1 atom stereocenters. The number of rotatable bonds is 6. The first kappa shape index (κ1) is 14.4. The molecule has 0 spiro atoms. The van der Waals surface area contributed by atoms with Crippen molar-refractivity contribution in [1.29, 1.82) is 0 Å². The lowest BCUT2D eigenvalue weighted by Gasteiger charge is -2.19. The van der Waals surface area contributed by atoms with Crippen LogP contribution in [0.3, 0.4) is 0 Å². The molecule has 0 aromatic carbocycles. The molecule has 18 heavy (non-hydrogen) atoms. The van der Waals surface area contributed by atoms with Crippen LogP contribution in [0.2, 0.25) is 0 Å². The highest BCUT2D eigenvalue weighted by Gasteiger charge is 2.18. The maximum atomic E-state index is 13.2. The second-order valence-electron chi connectivity index (χ2n) is 4.07. The van der Waals surface area contributed by atoms with Crippen LogP contribution in [0.1, 0.15) is 33.6 Å². The number of carbonyl (C=O) groups excluding carboxylic acids is 1. The minimum absolute atomic E-state index is 0.00954. The minimum atomic E-state index is -0.746. The summed E-state index contributed by atoms with van der Waals surface area (Å²) in [6.45, 7) is 5.59. The van der Waals surface area contributed by atoms with Gasteiger partial charge in [-0.25, -0.2) is 4.98 Å². The van der Waals surface area contributed by atoms with Crippen molar-refractivity contribution in [3.8, 4) is 5.75 Å². The fourth-order valence-electron chi connectivity index (χ4n) is 1.51. The molecule has 0 radical (unpaired) electrons. The molecular weight excluding hydrogens is 235 g/mol. The summed E-state index contributed by atoms with van der Waals surface area (Å²) in [7, 11) is 0. The van der Waals surface area contributed by atoms with Crippen LogP contribution in [0.15, 0.2) is 18.3 Å². The van der Waals surface area contributed by atoms with E-state index in [0.29, 0.717) is 0 Å². The number of aromatic nitrogens is 1. The van der Waals surface area contributed by atoms with Crippen molar-refractivity contribution in [2.24, 2.45) is 0 Å². The first-order chi connectivity index (χ1) is 8.58. The van der Waals surface area contributed by atoms with Gasteiger partial charge in [0.15, 0.2) is 11.9 Å². The normalized spacial score (nSPS) is 12.3. The van der Waals surface area contributed by atoms with E-state index in [0.717, 1.165) is 12.8 Å². The molecule has 0 saturated heterocycles. The predicted molar refractivity (Wildman–Crippen MR) is 66.8 cm³/mol. The molecule has 0 fully saturated rings. The van der Waals surface area contributed by atoms with Gasteiger partial charge >= 0.3 is 0 Å². The van der Waals surface area contributed by atoms with E-state index in [9.17, 15) is 9.18 Å². The largest absolute Gasteiger partial charge is 0.476 e. The zero-order valence-electron chi connectivity index (χ0n) is 10.9. The zero-order chi connectivity index (χ0) is 13.5. The van der Waals surface area contributed by atoms with Crippen LogP contribution < -0.4 is 10.1 Å². The van der Waals surface area contributed by atoms with Crippen molar-refractivity contribution in [2.45, 2.75) is 45.8 Å². The third-order valence-corrected chi connectivity index (χ3v) is 2.73. The highest BCUT2D eigenvalue weighted by atomic mass is 19.1. The van der Waals surface area contributed by atoms with Gasteiger partial charge in [0, 0.05) is 12.2 Å². The van der Waals surface area contributed by atoms with Gasteiger partial charge in [0.25, 0.3) is 11.9 Å². The monoisotopic (exact) mass is 254 g/mol.